The second-order valence-electron chi connectivity index (χ2n) is 10.3. The average molecular weight is 536 g/mol. The SMILES string of the molecule is O=C(NCc1ccc(F)cc1)C1=C[C@H](c2ccc3c(c2)Cc2ccccc2-3)C[C@H](OCc2ccc(CO)cc2)O1. The Morgan fingerprint density at radius 1 is 0.900 bits per heavy atom. The van der Waals surface area contributed by atoms with E-state index >= 15 is 0 Å². The highest BCUT2D eigenvalue weighted by molar-refractivity contribution is 5.91. The highest BCUT2D eigenvalue weighted by Gasteiger charge is 2.30. The molecule has 2 aliphatic rings. The summed E-state index contributed by atoms with van der Waals surface area (Å²) in [7, 11) is 0. The predicted octanol–water partition coefficient (Wildman–Crippen LogP) is 6.14. The maximum Gasteiger partial charge on any atom is 0.286 e. The normalized spacial score (nSPS) is 17.4. The molecule has 4 aromatic rings. The zero-order valence-electron chi connectivity index (χ0n) is 22.0. The molecule has 202 valence electrons. The van der Waals surface area contributed by atoms with Crippen molar-refractivity contribution in [3.05, 3.63) is 142 Å². The van der Waals surface area contributed by atoms with Crippen LogP contribution in [-0.2, 0) is 40.4 Å². The van der Waals surface area contributed by atoms with Gasteiger partial charge in [0, 0.05) is 18.9 Å². The van der Waals surface area contributed by atoms with Crippen molar-refractivity contribution in [1.29, 1.82) is 0 Å². The maximum atomic E-state index is 13.3. The summed E-state index contributed by atoms with van der Waals surface area (Å²) in [6, 6.07) is 28.6. The van der Waals surface area contributed by atoms with Crippen LogP contribution in [0.4, 0.5) is 4.39 Å². The highest BCUT2D eigenvalue weighted by atomic mass is 19.1. The van der Waals surface area contributed by atoms with Crippen LogP contribution in [-0.4, -0.2) is 17.3 Å². The van der Waals surface area contributed by atoms with E-state index in [2.05, 4.69) is 47.8 Å². The zero-order chi connectivity index (χ0) is 27.5. The lowest BCUT2D eigenvalue weighted by Gasteiger charge is -2.29. The molecule has 2 atom stereocenters. The van der Waals surface area contributed by atoms with E-state index in [1.807, 2.05) is 30.3 Å². The van der Waals surface area contributed by atoms with Crippen LogP contribution >= 0.6 is 0 Å². The van der Waals surface area contributed by atoms with Crippen molar-refractivity contribution in [2.24, 2.45) is 0 Å². The molecule has 0 spiro atoms. The van der Waals surface area contributed by atoms with Gasteiger partial charge in [-0.15, -0.1) is 0 Å². The van der Waals surface area contributed by atoms with Gasteiger partial charge in [0.2, 0.25) is 6.29 Å². The number of hydrogen-bond donors (Lipinski definition) is 2. The molecule has 40 heavy (non-hydrogen) atoms. The molecule has 0 radical (unpaired) electrons. The maximum absolute atomic E-state index is 13.3. The van der Waals surface area contributed by atoms with Crippen LogP contribution < -0.4 is 5.32 Å². The standard InChI is InChI=1S/C34H30FNO4/c35-29-12-9-22(10-13-29)19-36-34(38)32-17-27(18-33(40-32)39-21-24-7-5-23(20-37)6-8-24)25-11-14-31-28(15-25)16-26-3-1-2-4-30(26)31/h1-15,17,27,33,37H,16,18-21H2,(H,36,38)/t27-,33+/m0/s1. The number of halogens is 1. The van der Waals surface area contributed by atoms with E-state index in [0.717, 1.165) is 28.7 Å². The van der Waals surface area contributed by atoms with Gasteiger partial charge in [0.05, 0.1) is 13.2 Å². The van der Waals surface area contributed by atoms with Gasteiger partial charge in [-0.05, 0) is 69.1 Å². The van der Waals surface area contributed by atoms with Gasteiger partial charge in [-0.3, -0.25) is 4.79 Å². The summed E-state index contributed by atoms with van der Waals surface area (Å²) in [6.07, 6.45) is 2.71. The summed E-state index contributed by atoms with van der Waals surface area (Å²) < 4.78 is 25.5. The number of amides is 1. The van der Waals surface area contributed by atoms with E-state index in [1.165, 1.54) is 34.4 Å². The van der Waals surface area contributed by atoms with Gasteiger partial charge in [0.15, 0.2) is 5.76 Å². The van der Waals surface area contributed by atoms with Crippen LogP contribution in [0, 0.1) is 5.82 Å². The van der Waals surface area contributed by atoms with Gasteiger partial charge >= 0.3 is 0 Å². The van der Waals surface area contributed by atoms with Crippen LogP contribution in [0.2, 0.25) is 0 Å². The number of benzene rings is 4. The summed E-state index contributed by atoms with van der Waals surface area (Å²) in [5.41, 5.74) is 8.82. The van der Waals surface area contributed by atoms with Crippen LogP contribution in [0.15, 0.2) is 103 Å². The molecular weight excluding hydrogens is 505 g/mol. The number of ether oxygens (including phenoxy) is 2. The number of rotatable bonds is 8. The molecule has 0 saturated heterocycles. The number of aliphatic hydroxyl groups is 1. The molecule has 1 heterocycles. The lowest BCUT2D eigenvalue weighted by atomic mass is 9.90. The Balaban J connectivity index is 1.21. The molecule has 0 aromatic heterocycles. The lowest BCUT2D eigenvalue weighted by Crippen LogP contribution is -2.32. The fourth-order valence-electron chi connectivity index (χ4n) is 5.35. The average Bonchev–Trinajstić information content (AvgIpc) is 3.37. The second-order valence-corrected chi connectivity index (χ2v) is 10.3. The van der Waals surface area contributed by atoms with Gasteiger partial charge in [-0.25, -0.2) is 4.39 Å². The summed E-state index contributed by atoms with van der Waals surface area (Å²) >= 11 is 0. The molecule has 0 saturated carbocycles. The summed E-state index contributed by atoms with van der Waals surface area (Å²) in [5.74, 6) is -0.526. The van der Waals surface area contributed by atoms with Crippen LogP contribution in [0.5, 0.6) is 0 Å². The minimum Gasteiger partial charge on any atom is -0.459 e. The molecule has 0 fully saturated rings. The van der Waals surface area contributed by atoms with Crippen LogP contribution in [0.25, 0.3) is 11.1 Å². The van der Waals surface area contributed by atoms with E-state index < -0.39 is 6.29 Å². The number of allylic oxidation sites excluding steroid dienone is 1. The van der Waals surface area contributed by atoms with Crippen molar-refractivity contribution in [3.8, 4) is 11.1 Å². The lowest BCUT2D eigenvalue weighted by molar-refractivity contribution is -0.150. The molecule has 1 aliphatic heterocycles. The molecule has 2 N–H and O–H groups in total. The first-order valence-electron chi connectivity index (χ1n) is 13.5. The quantitative estimate of drug-likeness (QED) is 0.251. The molecule has 5 nitrogen and oxygen atoms in total. The number of nitrogens with one attached hydrogen (secondary N) is 1. The molecule has 1 aliphatic carbocycles. The largest absolute Gasteiger partial charge is 0.459 e. The molecule has 1 amide bonds. The van der Waals surface area contributed by atoms with Crippen molar-refractivity contribution < 1.29 is 23.8 Å². The van der Waals surface area contributed by atoms with Crippen LogP contribution in [0.3, 0.4) is 0 Å². The number of hydrogen-bond acceptors (Lipinski definition) is 4. The summed E-state index contributed by atoms with van der Waals surface area (Å²) in [4.78, 5) is 13.2. The first-order chi connectivity index (χ1) is 19.6. The van der Waals surface area contributed by atoms with Gasteiger partial charge in [-0.2, -0.15) is 0 Å². The molecule has 0 unspecified atom stereocenters. The van der Waals surface area contributed by atoms with Gasteiger partial charge in [0.25, 0.3) is 5.91 Å². The molecule has 4 aromatic carbocycles. The topological polar surface area (TPSA) is 67.8 Å². The number of carbonyl (C=O) groups excluding carboxylic acids is 1. The third-order valence-electron chi connectivity index (χ3n) is 7.53. The Labute approximate surface area is 232 Å². The predicted molar refractivity (Wildman–Crippen MR) is 150 cm³/mol. The van der Waals surface area contributed by atoms with Gasteiger partial charge in [0.1, 0.15) is 5.82 Å². The third kappa shape index (κ3) is 5.69. The fraction of sp³-hybridized carbons (Fsp3) is 0.206. The summed E-state index contributed by atoms with van der Waals surface area (Å²) in [5, 5.41) is 12.2. The Bertz CT molecular complexity index is 1550. The minimum absolute atomic E-state index is 0.0123. The number of fused-ring (bicyclic) bond motifs is 3. The highest BCUT2D eigenvalue weighted by Crippen LogP contribution is 2.40. The molecule has 0 bridgehead atoms. The smallest absolute Gasteiger partial charge is 0.286 e. The van der Waals surface area contributed by atoms with E-state index in [9.17, 15) is 14.3 Å². The molecular formula is C34H30FNO4. The van der Waals surface area contributed by atoms with E-state index in [0.29, 0.717) is 13.0 Å². The van der Waals surface area contributed by atoms with Gasteiger partial charge in [-0.1, -0.05) is 78.9 Å². The molecule has 6 rings (SSSR count). The van der Waals surface area contributed by atoms with E-state index in [4.69, 9.17) is 9.47 Å². The number of aliphatic hydroxyl groups excluding tert-OH is 1. The van der Waals surface area contributed by atoms with Crippen molar-refractivity contribution in [2.45, 2.75) is 44.8 Å². The van der Waals surface area contributed by atoms with Crippen molar-refractivity contribution in [3.63, 3.8) is 0 Å². The number of carbonyl (C=O) groups is 1. The minimum atomic E-state index is -0.621. The Kier molecular flexibility index (Phi) is 7.45. The first kappa shape index (κ1) is 26.0. The zero-order valence-corrected chi connectivity index (χ0v) is 22.0. The van der Waals surface area contributed by atoms with Crippen molar-refractivity contribution in [2.75, 3.05) is 0 Å². The monoisotopic (exact) mass is 535 g/mol. The molecule has 6 heteroatoms. The van der Waals surface area contributed by atoms with Crippen molar-refractivity contribution >= 4 is 5.91 Å². The Morgan fingerprint density at radius 3 is 2.42 bits per heavy atom. The van der Waals surface area contributed by atoms with Crippen LogP contribution in [0.1, 0.15) is 45.7 Å². The first-order valence-corrected chi connectivity index (χ1v) is 13.5. The summed E-state index contributed by atoms with van der Waals surface area (Å²) in [6.45, 7) is 0.555. The Hall–Kier alpha value is -4.26. The van der Waals surface area contributed by atoms with E-state index in [1.54, 1.807) is 12.1 Å². The van der Waals surface area contributed by atoms with E-state index in [-0.39, 0.29) is 36.6 Å². The van der Waals surface area contributed by atoms with Gasteiger partial charge < -0.3 is 19.9 Å². The van der Waals surface area contributed by atoms with Crippen molar-refractivity contribution in [1.82, 2.24) is 5.32 Å². The fourth-order valence-corrected chi connectivity index (χ4v) is 5.35. The third-order valence-corrected chi connectivity index (χ3v) is 7.53. The second kappa shape index (κ2) is 11.5. The Morgan fingerprint density at radius 2 is 1.62 bits per heavy atom.